The number of carboxylic acids is 1. The van der Waals surface area contributed by atoms with Crippen LogP contribution in [-0.4, -0.2) is 52.5 Å². The molecule has 1 aromatic rings. The molecule has 1 aliphatic rings. The zero-order valence-electron chi connectivity index (χ0n) is 13.5. The Labute approximate surface area is 135 Å². The van der Waals surface area contributed by atoms with E-state index < -0.39 is 12.0 Å². The van der Waals surface area contributed by atoms with Crippen molar-refractivity contribution in [2.75, 3.05) is 13.6 Å². The number of likely N-dealkylation sites (tertiary alicyclic amines) is 1. The van der Waals surface area contributed by atoms with Crippen molar-refractivity contribution >= 4 is 11.9 Å². The number of benzene rings is 1. The molecule has 1 fully saturated rings. The van der Waals surface area contributed by atoms with Gasteiger partial charge in [0, 0.05) is 13.6 Å². The second-order valence-corrected chi connectivity index (χ2v) is 6.07. The first-order chi connectivity index (χ1) is 10.9. The number of piperidine rings is 1. The normalized spacial score (nSPS) is 20.0. The molecule has 126 valence electrons. The number of carbonyl (C=O) groups is 2. The van der Waals surface area contributed by atoms with Gasteiger partial charge in [0.2, 0.25) is 5.91 Å². The lowest BCUT2D eigenvalue weighted by atomic mass is 9.99. The number of likely N-dealkylation sites (N-methyl/N-ethyl adjacent to an activating group) is 1. The van der Waals surface area contributed by atoms with Crippen molar-refractivity contribution < 1.29 is 19.1 Å². The Kier molecular flexibility index (Phi) is 5.71. The van der Waals surface area contributed by atoms with Crippen molar-refractivity contribution in [3.63, 3.8) is 0 Å². The van der Waals surface area contributed by atoms with E-state index in [4.69, 9.17) is 5.11 Å². The number of hydrogen-bond acceptors (Lipinski definition) is 3. The van der Waals surface area contributed by atoms with Crippen molar-refractivity contribution in [2.45, 2.75) is 44.8 Å². The lowest BCUT2D eigenvalue weighted by Gasteiger charge is -2.37. The second-order valence-electron chi connectivity index (χ2n) is 6.07. The van der Waals surface area contributed by atoms with Crippen LogP contribution in [0.25, 0.3) is 0 Å². The molecule has 1 saturated heterocycles. The van der Waals surface area contributed by atoms with Crippen LogP contribution in [0.4, 0.5) is 4.39 Å². The van der Waals surface area contributed by atoms with E-state index in [9.17, 15) is 14.0 Å². The summed E-state index contributed by atoms with van der Waals surface area (Å²) in [5.74, 6) is -1.46. The highest BCUT2D eigenvalue weighted by molar-refractivity contribution is 5.86. The monoisotopic (exact) mass is 322 g/mol. The highest BCUT2D eigenvalue weighted by atomic mass is 19.1. The van der Waals surface area contributed by atoms with E-state index in [1.807, 2.05) is 0 Å². The van der Waals surface area contributed by atoms with Crippen molar-refractivity contribution in [3.05, 3.63) is 35.6 Å². The molecular weight excluding hydrogens is 299 g/mol. The fraction of sp³-hybridized carbons (Fsp3) is 0.529. The van der Waals surface area contributed by atoms with Gasteiger partial charge in [-0.25, -0.2) is 9.18 Å². The van der Waals surface area contributed by atoms with Gasteiger partial charge in [0.05, 0.1) is 6.04 Å². The summed E-state index contributed by atoms with van der Waals surface area (Å²) in [7, 11) is 1.53. The second kappa shape index (κ2) is 7.55. The fourth-order valence-corrected chi connectivity index (χ4v) is 2.88. The lowest BCUT2D eigenvalue weighted by molar-refractivity contribution is -0.151. The molecule has 0 saturated carbocycles. The zero-order valence-corrected chi connectivity index (χ0v) is 13.5. The van der Waals surface area contributed by atoms with Crippen molar-refractivity contribution in [2.24, 2.45) is 0 Å². The van der Waals surface area contributed by atoms with Gasteiger partial charge in [0.25, 0.3) is 0 Å². The summed E-state index contributed by atoms with van der Waals surface area (Å²) >= 11 is 0. The third kappa shape index (κ3) is 4.28. The molecule has 1 aliphatic heterocycles. The molecule has 2 atom stereocenters. The minimum atomic E-state index is -1.01. The SMILES string of the molecule is CC(C(=O)O)N(C)C(=O)C1CCCCN1Cc1ccc(F)cc1. The molecule has 6 heteroatoms. The van der Waals surface area contributed by atoms with Gasteiger partial charge < -0.3 is 10.0 Å². The van der Waals surface area contributed by atoms with Gasteiger partial charge in [-0.15, -0.1) is 0 Å². The molecule has 0 aromatic heterocycles. The molecule has 1 aromatic carbocycles. The van der Waals surface area contributed by atoms with Gasteiger partial charge in [-0.2, -0.15) is 0 Å². The highest BCUT2D eigenvalue weighted by Gasteiger charge is 2.33. The molecule has 5 nitrogen and oxygen atoms in total. The first-order valence-corrected chi connectivity index (χ1v) is 7.88. The van der Waals surface area contributed by atoms with Crippen LogP contribution in [0.3, 0.4) is 0 Å². The largest absolute Gasteiger partial charge is 0.480 e. The lowest BCUT2D eigenvalue weighted by Crippen LogP contribution is -2.52. The third-order valence-corrected chi connectivity index (χ3v) is 4.48. The van der Waals surface area contributed by atoms with Crippen LogP contribution in [-0.2, 0) is 16.1 Å². The number of hydrogen-bond donors (Lipinski definition) is 1. The quantitative estimate of drug-likeness (QED) is 0.902. The van der Waals surface area contributed by atoms with Crippen LogP contribution in [0.5, 0.6) is 0 Å². The summed E-state index contributed by atoms with van der Waals surface area (Å²) in [6, 6.07) is 5.09. The Hall–Kier alpha value is -1.95. The van der Waals surface area contributed by atoms with Gasteiger partial charge >= 0.3 is 5.97 Å². The van der Waals surface area contributed by atoms with Gasteiger partial charge in [0.1, 0.15) is 11.9 Å². The Balaban J connectivity index is 2.09. The summed E-state index contributed by atoms with van der Waals surface area (Å²) in [6.45, 7) is 2.85. The molecule has 1 amide bonds. The van der Waals surface area contributed by atoms with E-state index in [1.54, 1.807) is 12.1 Å². The standard InChI is InChI=1S/C17H23FN2O3/c1-12(17(22)23)19(2)16(21)15-5-3-4-10-20(15)11-13-6-8-14(18)9-7-13/h6-9,12,15H,3-5,10-11H2,1-2H3,(H,22,23). The summed E-state index contributed by atoms with van der Waals surface area (Å²) in [4.78, 5) is 27.1. The molecule has 0 radical (unpaired) electrons. The first-order valence-electron chi connectivity index (χ1n) is 7.88. The van der Waals surface area contributed by atoms with Crippen LogP contribution in [0, 0.1) is 5.82 Å². The molecule has 23 heavy (non-hydrogen) atoms. The molecule has 0 bridgehead atoms. The summed E-state index contributed by atoms with van der Waals surface area (Å²) in [5, 5.41) is 9.08. The third-order valence-electron chi connectivity index (χ3n) is 4.48. The van der Waals surface area contributed by atoms with E-state index in [0.717, 1.165) is 31.4 Å². The van der Waals surface area contributed by atoms with Crippen molar-refractivity contribution in [1.82, 2.24) is 9.80 Å². The fourth-order valence-electron chi connectivity index (χ4n) is 2.88. The Morgan fingerprint density at radius 3 is 2.61 bits per heavy atom. The minimum absolute atomic E-state index is 0.165. The number of rotatable bonds is 5. The first kappa shape index (κ1) is 17.4. The zero-order chi connectivity index (χ0) is 17.0. The van der Waals surface area contributed by atoms with Crippen LogP contribution >= 0.6 is 0 Å². The van der Waals surface area contributed by atoms with Gasteiger partial charge in [-0.1, -0.05) is 18.6 Å². The highest BCUT2D eigenvalue weighted by Crippen LogP contribution is 2.22. The maximum Gasteiger partial charge on any atom is 0.326 e. The van der Waals surface area contributed by atoms with Crippen molar-refractivity contribution in [3.8, 4) is 0 Å². The van der Waals surface area contributed by atoms with Crippen molar-refractivity contribution in [1.29, 1.82) is 0 Å². The number of carbonyl (C=O) groups excluding carboxylic acids is 1. The topological polar surface area (TPSA) is 60.9 Å². The molecule has 1 N–H and O–H groups in total. The van der Waals surface area contributed by atoms with Gasteiger partial charge in [0.15, 0.2) is 0 Å². The molecule has 2 unspecified atom stereocenters. The Bertz CT molecular complexity index is 561. The predicted molar refractivity (Wildman–Crippen MR) is 84.3 cm³/mol. The van der Waals surface area contributed by atoms with E-state index in [2.05, 4.69) is 4.90 Å². The Morgan fingerprint density at radius 2 is 2.00 bits per heavy atom. The number of carboxylic acid groups (broad SMARTS) is 1. The number of halogens is 1. The maximum absolute atomic E-state index is 13.0. The number of nitrogens with zero attached hydrogens (tertiary/aromatic N) is 2. The van der Waals surface area contributed by atoms with E-state index >= 15 is 0 Å². The van der Waals surface area contributed by atoms with Crippen LogP contribution < -0.4 is 0 Å². The van der Waals surface area contributed by atoms with E-state index in [-0.39, 0.29) is 17.8 Å². The molecule has 0 aliphatic carbocycles. The summed E-state index contributed by atoms with van der Waals surface area (Å²) in [6.07, 6.45) is 2.67. The summed E-state index contributed by atoms with van der Waals surface area (Å²) < 4.78 is 13.0. The Morgan fingerprint density at radius 1 is 1.35 bits per heavy atom. The van der Waals surface area contributed by atoms with E-state index in [1.165, 1.54) is 31.0 Å². The van der Waals surface area contributed by atoms with Crippen LogP contribution in [0.2, 0.25) is 0 Å². The summed E-state index contributed by atoms with van der Waals surface area (Å²) in [5.41, 5.74) is 0.944. The number of amides is 1. The molecular formula is C17H23FN2O3. The number of aliphatic carboxylic acids is 1. The van der Waals surface area contributed by atoms with Crippen LogP contribution in [0.1, 0.15) is 31.7 Å². The molecule has 0 spiro atoms. The predicted octanol–water partition coefficient (Wildman–Crippen LogP) is 2.11. The van der Waals surface area contributed by atoms with Gasteiger partial charge in [-0.05, 0) is 44.0 Å². The van der Waals surface area contributed by atoms with Gasteiger partial charge in [-0.3, -0.25) is 9.69 Å². The average molecular weight is 322 g/mol. The molecule has 1 heterocycles. The average Bonchev–Trinajstić information content (AvgIpc) is 2.55. The minimum Gasteiger partial charge on any atom is -0.480 e. The molecule has 2 rings (SSSR count). The van der Waals surface area contributed by atoms with Crippen LogP contribution in [0.15, 0.2) is 24.3 Å². The van der Waals surface area contributed by atoms with E-state index in [0.29, 0.717) is 6.54 Å². The maximum atomic E-state index is 13.0. The smallest absolute Gasteiger partial charge is 0.326 e.